The number of hydrogen-bond donors (Lipinski definition) is 1. The third-order valence-corrected chi connectivity index (χ3v) is 3.95. The fourth-order valence-electron chi connectivity index (χ4n) is 2.39. The van der Waals surface area contributed by atoms with E-state index in [1.54, 1.807) is 32.0 Å². The third kappa shape index (κ3) is 7.37. The zero-order valence-corrected chi connectivity index (χ0v) is 15.5. The van der Waals surface area contributed by atoms with Crippen LogP contribution in [0.1, 0.15) is 48.5 Å². The molecule has 0 saturated heterocycles. The first-order valence-electron chi connectivity index (χ1n) is 8.53. The van der Waals surface area contributed by atoms with Crippen LogP contribution in [-0.4, -0.2) is 49.9 Å². The van der Waals surface area contributed by atoms with Gasteiger partial charge >= 0.3 is 5.97 Å². The number of amides is 2. The van der Waals surface area contributed by atoms with Gasteiger partial charge in [-0.1, -0.05) is 18.6 Å². The molecular formula is C19H28N2O4. The summed E-state index contributed by atoms with van der Waals surface area (Å²) in [7, 11) is 4.82. The average Bonchev–Trinajstić information content (AvgIpc) is 2.60. The molecule has 0 aliphatic carbocycles. The van der Waals surface area contributed by atoms with Gasteiger partial charge in [0, 0.05) is 26.1 Å². The van der Waals surface area contributed by atoms with E-state index in [-0.39, 0.29) is 11.8 Å². The number of carbonyl (C=O) groups excluding carboxylic acids is 3. The number of benzene rings is 1. The Hall–Kier alpha value is -2.37. The number of unbranched alkanes of at least 4 members (excludes halogenated alkanes) is 2. The molecule has 0 aromatic heterocycles. The summed E-state index contributed by atoms with van der Waals surface area (Å²) in [5, 5.41) is 2.62. The molecule has 6 heteroatoms. The predicted molar refractivity (Wildman–Crippen MR) is 96.3 cm³/mol. The Balaban J connectivity index is 2.45. The standard InChI is InChI=1S/C19H28N2O4/c1-14(19(24)25-4)20-18(23)16-11-8-10-15(13-16)9-6-5-7-12-17(22)21(2)3/h8,10-11,13-14H,5-7,9,12H2,1-4H3,(H,20,23). The summed E-state index contributed by atoms with van der Waals surface area (Å²) >= 11 is 0. The molecule has 1 aromatic rings. The van der Waals surface area contributed by atoms with Crippen LogP contribution < -0.4 is 5.32 Å². The van der Waals surface area contributed by atoms with Gasteiger partial charge in [0.25, 0.3) is 5.91 Å². The summed E-state index contributed by atoms with van der Waals surface area (Å²) in [5.41, 5.74) is 1.59. The number of hydrogen-bond acceptors (Lipinski definition) is 4. The van der Waals surface area contributed by atoms with Gasteiger partial charge in [-0.25, -0.2) is 4.79 Å². The third-order valence-electron chi connectivity index (χ3n) is 3.95. The largest absolute Gasteiger partial charge is 0.467 e. The van der Waals surface area contributed by atoms with Crippen molar-refractivity contribution in [2.24, 2.45) is 0 Å². The molecule has 0 radical (unpaired) electrons. The Morgan fingerprint density at radius 1 is 1.16 bits per heavy atom. The zero-order valence-electron chi connectivity index (χ0n) is 15.5. The lowest BCUT2D eigenvalue weighted by Crippen LogP contribution is -2.39. The molecule has 0 fully saturated rings. The van der Waals surface area contributed by atoms with Gasteiger partial charge in [0.15, 0.2) is 0 Å². The average molecular weight is 348 g/mol. The van der Waals surface area contributed by atoms with E-state index in [0.717, 1.165) is 31.2 Å². The van der Waals surface area contributed by atoms with Crippen LogP contribution in [0.5, 0.6) is 0 Å². The van der Waals surface area contributed by atoms with Crippen LogP contribution in [0, 0.1) is 0 Å². The number of esters is 1. The van der Waals surface area contributed by atoms with E-state index in [4.69, 9.17) is 0 Å². The summed E-state index contributed by atoms with van der Waals surface area (Å²) in [5.74, 6) is -0.619. The van der Waals surface area contributed by atoms with E-state index in [9.17, 15) is 14.4 Å². The van der Waals surface area contributed by atoms with Crippen LogP contribution in [0.3, 0.4) is 0 Å². The Labute approximate surface area is 149 Å². The van der Waals surface area contributed by atoms with E-state index in [0.29, 0.717) is 12.0 Å². The molecule has 25 heavy (non-hydrogen) atoms. The van der Waals surface area contributed by atoms with E-state index in [2.05, 4.69) is 10.1 Å². The van der Waals surface area contributed by atoms with E-state index in [1.165, 1.54) is 7.11 Å². The number of aryl methyl sites for hydroxylation is 1. The van der Waals surface area contributed by atoms with Gasteiger partial charge in [-0.15, -0.1) is 0 Å². The SMILES string of the molecule is COC(=O)C(C)NC(=O)c1cccc(CCCCCC(=O)N(C)C)c1. The van der Waals surface area contributed by atoms with Crippen LogP contribution in [0.2, 0.25) is 0 Å². The lowest BCUT2D eigenvalue weighted by Gasteiger charge is -2.12. The number of nitrogens with one attached hydrogen (secondary N) is 1. The number of rotatable bonds is 9. The maximum Gasteiger partial charge on any atom is 0.328 e. The fourth-order valence-corrected chi connectivity index (χ4v) is 2.39. The molecule has 0 spiro atoms. The Kier molecular flexibility index (Phi) is 8.67. The second-order valence-corrected chi connectivity index (χ2v) is 6.27. The molecule has 1 atom stereocenters. The van der Waals surface area contributed by atoms with Crippen molar-refractivity contribution in [1.29, 1.82) is 0 Å². The quantitative estimate of drug-likeness (QED) is 0.548. The van der Waals surface area contributed by atoms with Crippen molar-refractivity contribution in [3.8, 4) is 0 Å². The van der Waals surface area contributed by atoms with Crippen LogP contribution >= 0.6 is 0 Å². The normalized spacial score (nSPS) is 11.5. The van der Waals surface area contributed by atoms with Gasteiger partial charge in [-0.2, -0.15) is 0 Å². The minimum atomic E-state index is -0.685. The van der Waals surface area contributed by atoms with Gasteiger partial charge in [-0.05, 0) is 43.9 Å². The Morgan fingerprint density at radius 3 is 2.52 bits per heavy atom. The monoisotopic (exact) mass is 348 g/mol. The van der Waals surface area contributed by atoms with Crippen molar-refractivity contribution < 1.29 is 19.1 Å². The highest BCUT2D eigenvalue weighted by molar-refractivity contribution is 5.96. The molecule has 1 unspecified atom stereocenters. The van der Waals surface area contributed by atoms with Crippen LogP contribution in [0.4, 0.5) is 0 Å². The highest BCUT2D eigenvalue weighted by atomic mass is 16.5. The molecular weight excluding hydrogens is 320 g/mol. The highest BCUT2D eigenvalue weighted by Gasteiger charge is 2.16. The number of ether oxygens (including phenoxy) is 1. The molecule has 0 saturated carbocycles. The first kappa shape index (κ1) is 20.7. The fraction of sp³-hybridized carbons (Fsp3) is 0.526. The van der Waals surface area contributed by atoms with Crippen molar-refractivity contribution in [3.05, 3.63) is 35.4 Å². The summed E-state index contributed by atoms with van der Waals surface area (Å²) in [4.78, 5) is 36.7. The first-order valence-corrected chi connectivity index (χ1v) is 8.53. The first-order chi connectivity index (χ1) is 11.8. The van der Waals surface area contributed by atoms with Gasteiger partial charge in [0.1, 0.15) is 6.04 Å². The molecule has 2 amide bonds. The predicted octanol–water partition coefficient (Wildman–Crippen LogP) is 2.17. The maximum atomic E-state index is 12.2. The molecule has 1 aromatic carbocycles. The van der Waals surface area contributed by atoms with Gasteiger partial charge in [-0.3, -0.25) is 9.59 Å². The zero-order chi connectivity index (χ0) is 18.8. The Bertz CT molecular complexity index is 599. The van der Waals surface area contributed by atoms with Crippen LogP contribution in [0.25, 0.3) is 0 Å². The summed E-state index contributed by atoms with van der Waals surface area (Å²) in [6.45, 7) is 1.59. The number of nitrogens with zero attached hydrogens (tertiary/aromatic N) is 1. The molecule has 6 nitrogen and oxygen atoms in total. The molecule has 138 valence electrons. The Morgan fingerprint density at radius 2 is 1.88 bits per heavy atom. The lowest BCUT2D eigenvalue weighted by atomic mass is 10.0. The lowest BCUT2D eigenvalue weighted by molar-refractivity contribution is -0.142. The van der Waals surface area contributed by atoms with Gasteiger partial charge in [0.2, 0.25) is 5.91 Å². The van der Waals surface area contributed by atoms with Crippen molar-refractivity contribution >= 4 is 17.8 Å². The van der Waals surface area contributed by atoms with E-state index in [1.807, 2.05) is 18.2 Å². The number of methoxy groups -OCH3 is 1. The second-order valence-electron chi connectivity index (χ2n) is 6.27. The summed E-state index contributed by atoms with van der Waals surface area (Å²) in [6, 6.07) is 6.69. The van der Waals surface area contributed by atoms with Crippen LogP contribution in [-0.2, 0) is 20.7 Å². The van der Waals surface area contributed by atoms with Gasteiger partial charge in [0.05, 0.1) is 7.11 Å². The molecule has 1 N–H and O–H groups in total. The molecule has 0 heterocycles. The molecule has 1 rings (SSSR count). The van der Waals surface area contributed by atoms with Crippen molar-refractivity contribution in [1.82, 2.24) is 10.2 Å². The van der Waals surface area contributed by atoms with Gasteiger partial charge < -0.3 is 15.0 Å². The van der Waals surface area contributed by atoms with E-state index < -0.39 is 12.0 Å². The molecule has 0 aliphatic rings. The minimum Gasteiger partial charge on any atom is -0.467 e. The topological polar surface area (TPSA) is 75.7 Å². The number of carbonyl (C=O) groups is 3. The smallest absolute Gasteiger partial charge is 0.328 e. The molecule has 0 aliphatic heterocycles. The summed E-state index contributed by atoms with van der Waals surface area (Å²) < 4.78 is 4.60. The minimum absolute atomic E-state index is 0.151. The van der Waals surface area contributed by atoms with Crippen molar-refractivity contribution in [2.45, 2.75) is 45.1 Å². The summed E-state index contributed by atoms with van der Waals surface area (Å²) in [6.07, 6.45) is 4.22. The molecule has 0 bridgehead atoms. The van der Waals surface area contributed by atoms with E-state index >= 15 is 0 Å². The second kappa shape index (κ2) is 10.5. The van der Waals surface area contributed by atoms with Crippen LogP contribution in [0.15, 0.2) is 24.3 Å². The maximum absolute atomic E-state index is 12.2. The highest BCUT2D eigenvalue weighted by Crippen LogP contribution is 2.11. The van der Waals surface area contributed by atoms with Crippen molar-refractivity contribution in [3.63, 3.8) is 0 Å². The van der Waals surface area contributed by atoms with Crippen molar-refractivity contribution in [2.75, 3.05) is 21.2 Å².